The maximum absolute atomic E-state index is 11.9. The summed E-state index contributed by atoms with van der Waals surface area (Å²) < 4.78 is 25.5. The highest BCUT2D eigenvalue weighted by Crippen LogP contribution is 2.27. The molecule has 0 saturated carbocycles. The van der Waals surface area contributed by atoms with Crippen molar-refractivity contribution < 1.29 is 8.42 Å². The van der Waals surface area contributed by atoms with E-state index in [4.69, 9.17) is 0 Å². The molecule has 0 spiro atoms. The average molecular weight is 246 g/mol. The highest BCUT2D eigenvalue weighted by Gasteiger charge is 2.40. The Kier molecular flexibility index (Phi) is 3.05. The zero-order chi connectivity index (χ0) is 12.0. The van der Waals surface area contributed by atoms with Gasteiger partial charge in [-0.3, -0.25) is 4.90 Å². The van der Waals surface area contributed by atoms with Gasteiger partial charge < -0.3 is 0 Å². The number of hydrogen-bond acceptors (Lipinski definition) is 3. The van der Waals surface area contributed by atoms with Crippen LogP contribution in [0.4, 0.5) is 0 Å². The number of rotatable bonds is 0. The lowest BCUT2D eigenvalue weighted by atomic mass is 10.0. The molecule has 4 nitrogen and oxygen atoms in total. The fourth-order valence-corrected chi connectivity index (χ4v) is 4.42. The summed E-state index contributed by atoms with van der Waals surface area (Å²) in [5.74, 6) is 0.346. The zero-order valence-corrected chi connectivity index (χ0v) is 11.3. The number of nitrogens with zero attached hydrogens (tertiary/aromatic N) is 2. The van der Waals surface area contributed by atoms with E-state index in [1.54, 1.807) is 4.31 Å². The van der Waals surface area contributed by atoms with Gasteiger partial charge in [-0.2, -0.15) is 4.31 Å². The summed E-state index contributed by atoms with van der Waals surface area (Å²) in [4.78, 5) is 2.40. The van der Waals surface area contributed by atoms with Crippen molar-refractivity contribution in [2.24, 2.45) is 0 Å². The van der Waals surface area contributed by atoms with E-state index >= 15 is 0 Å². The van der Waals surface area contributed by atoms with Gasteiger partial charge in [0, 0.05) is 31.2 Å². The predicted octanol–water partition coefficient (Wildman–Crippen LogP) is 0.895. The van der Waals surface area contributed by atoms with Crippen LogP contribution in [0.25, 0.3) is 0 Å². The SMILES string of the molecule is CC(C)(C)N1CCN2[C@@H](CCCS2(=O)=O)C1. The second-order valence-electron chi connectivity index (χ2n) is 5.84. The molecule has 0 aliphatic carbocycles. The molecule has 0 amide bonds. The summed E-state index contributed by atoms with van der Waals surface area (Å²) >= 11 is 0. The van der Waals surface area contributed by atoms with Crippen LogP contribution in [0, 0.1) is 0 Å². The Balaban J connectivity index is 2.12. The van der Waals surface area contributed by atoms with E-state index in [-0.39, 0.29) is 11.6 Å². The van der Waals surface area contributed by atoms with Crippen molar-refractivity contribution in [3.63, 3.8) is 0 Å². The van der Waals surface area contributed by atoms with Gasteiger partial charge in [-0.15, -0.1) is 0 Å². The number of piperazine rings is 1. The number of fused-ring (bicyclic) bond motifs is 1. The molecule has 1 atom stereocenters. The molecule has 16 heavy (non-hydrogen) atoms. The Morgan fingerprint density at radius 2 is 1.88 bits per heavy atom. The van der Waals surface area contributed by atoms with E-state index in [2.05, 4.69) is 25.7 Å². The van der Waals surface area contributed by atoms with Gasteiger partial charge in [-0.25, -0.2) is 8.42 Å². The summed E-state index contributed by atoms with van der Waals surface area (Å²) in [5, 5.41) is 0. The molecule has 0 aromatic rings. The van der Waals surface area contributed by atoms with E-state index in [1.165, 1.54) is 0 Å². The Hall–Kier alpha value is -0.130. The maximum Gasteiger partial charge on any atom is 0.214 e. The van der Waals surface area contributed by atoms with Crippen LogP contribution in [0.1, 0.15) is 33.6 Å². The molecular weight excluding hydrogens is 224 g/mol. The van der Waals surface area contributed by atoms with E-state index in [0.717, 1.165) is 25.9 Å². The first-order chi connectivity index (χ1) is 7.31. The van der Waals surface area contributed by atoms with Crippen molar-refractivity contribution in [2.75, 3.05) is 25.4 Å². The van der Waals surface area contributed by atoms with Gasteiger partial charge in [-0.1, -0.05) is 0 Å². The van der Waals surface area contributed by atoms with E-state index in [1.807, 2.05) is 0 Å². The summed E-state index contributed by atoms with van der Waals surface area (Å²) in [6, 6.07) is 0.215. The minimum atomic E-state index is -2.95. The fourth-order valence-electron chi connectivity index (χ4n) is 2.67. The van der Waals surface area contributed by atoms with Gasteiger partial charge in [0.25, 0.3) is 0 Å². The minimum absolute atomic E-state index is 0.146. The number of sulfonamides is 1. The van der Waals surface area contributed by atoms with Crippen LogP contribution in [0.3, 0.4) is 0 Å². The third-order valence-corrected chi connectivity index (χ3v) is 5.67. The highest BCUT2D eigenvalue weighted by atomic mass is 32.2. The smallest absolute Gasteiger partial charge is 0.214 e. The molecule has 94 valence electrons. The van der Waals surface area contributed by atoms with Crippen LogP contribution in [0.5, 0.6) is 0 Å². The van der Waals surface area contributed by atoms with E-state index < -0.39 is 10.0 Å². The summed E-state index contributed by atoms with van der Waals surface area (Å²) in [6.07, 6.45) is 1.84. The molecule has 2 saturated heterocycles. The molecule has 0 unspecified atom stereocenters. The third-order valence-electron chi connectivity index (χ3n) is 3.67. The van der Waals surface area contributed by atoms with Crippen molar-refractivity contribution in [3.05, 3.63) is 0 Å². The van der Waals surface area contributed by atoms with Crippen LogP contribution >= 0.6 is 0 Å². The van der Waals surface area contributed by atoms with Crippen molar-refractivity contribution >= 4 is 10.0 Å². The summed E-state index contributed by atoms with van der Waals surface area (Å²) in [5.41, 5.74) is 0.146. The molecule has 0 N–H and O–H groups in total. The molecule has 2 aliphatic heterocycles. The first kappa shape index (κ1) is 12.3. The molecule has 2 aliphatic rings. The Morgan fingerprint density at radius 3 is 2.50 bits per heavy atom. The van der Waals surface area contributed by atoms with Gasteiger partial charge in [-0.05, 0) is 33.6 Å². The predicted molar refractivity (Wildman–Crippen MR) is 64.8 cm³/mol. The quantitative estimate of drug-likeness (QED) is 0.637. The van der Waals surface area contributed by atoms with Crippen LogP contribution in [0.15, 0.2) is 0 Å². The second kappa shape index (κ2) is 3.96. The Labute approximate surface area is 98.7 Å². The lowest BCUT2D eigenvalue weighted by Gasteiger charge is -2.47. The van der Waals surface area contributed by atoms with Crippen LogP contribution in [-0.4, -0.2) is 54.6 Å². The van der Waals surface area contributed by atoms with Crippen molar-refractivity contribution in [1.29, 1.82) is 0 Å². The van der Waals surface area contributed by atoms with Crippen LogP contribution in [0.2, 0.25) is 0 Å². The molecular formula is C11H22N2O2S. The minimum Gasteiger partial charge on any atom is -0.296 e. The van der Waals surface area contributed by atoms with Gasteiger partial charge in [0.2, 0.25) is 10.0 Å². The molecule has 5 heteroatoms. The third kappa shape index (κ3) is 2.26. The monoisotopic (exact) mass is 246 g/mol. The maximum atomic E-state index is 11.9. The summed E-state index contributed by atoms with van der Waals surface area (Å²) in [6.45, 7) is 9.01. The fraction of sp³-hybridized carbons (Fsp3) is 1.00. The molecule has 0 bridgehead atoms. The van der Waals surface area contributed by atoms with Crippen LogP contribution in [-0.2, 0) is 10.0 Å². The van der Waals surface area contributed by atoms with Crippen molar-refractivity contribution in [1.82, 2.24) is 9.21 Å². The van der Waals surface area contributed by atoms with Gasteiger partial charge in [0.1, 0.15) is 0 Å². The number of hydrogen-bond donors (Lipinski definition) is 0. The molecule has 2 heterocycles. The molecule has 0 radical (unpaired) electrons. The summed E-state index contributed by atoms with van der Waals surface area (Å²) in [7, 11) is -2.95. The highest BCUT2D eigenvalue weighted by molar-refractivity contribution is 7.89. The Morgan fingerprint density at radius 1 is 1.19 bits per heavy atom. The van der Waals surface area contributed by atoms with Gasteiger partial charge in [0.15, 0.2) is 0 Å². The van der Waals surface area contributed by atoms with Gasteiger partial charge >= 0.3 is 0 Å². The lowest BCUT2D eigenvalue weighted by molar-refractivity contribution is 0.0531. The normalized spacial score (nSPS) is 32.3. The average Bonchev–Trinajstić information content (AvgIpc) is 2.15. The molecule has 0 aromatic heterocycles. The zero-order valence-electron chi connectivity index (χ0n) is 10.4. The van der Waals surface area contributed by atoms with Crippen molar-refractivity contribution in [2.45, 2.75) is 45.2 Å². The lowest BCUT2D eigenvalue weighted by Crippen LogP contribution is -2.61. The van der Waals surface area contributed by atoms with E-state index in [9.17, 15) is 8.42 Å². The Bertz CT molecular complexity index is 359. The first-order valence-electron chi connectivity index (χ1n) is 6.05. The van der Waals surface area contributed by atoms with Gasteiger partial charge in [0.05, 0.1) is 5.75 Å². The van der Waals surface area contributed by atoms with Crippen LogP contribution < -0.4 is 0 Å². The second-order valence-corrected chi connectivity index (χ2v) is 7.88. The largest absolute Gasteiger partial charge is 0.296 e. The van der Waals surface area contributed by atoms with E-state index in [0.29, 0.717) is 12.3 Å². The van der Waals surface area contributed by atoms with Crippen molar-refractivity contribution in [3.8, 4) is 0 Å². The molecule has 2 rings (SSSR count). The molecule has 0 aromatic carbocycles. The first-order valence-corrected chi connectivity index (χ1v) is 7.66. The standard InChI is InChI=1S/C11H22N2O2S/c1-11(2,3)12-6-7-13-10(9-12)5-4-8-16(13,14)15/h10H,4-9H2,1-3H3/t10-/m0/s1. The molecule has 2 fully saturated rings. The topological polar surface area (TPSA) is 40.6 Å².